The Morgan fingerprint density at radius 1 is 0.510 bits per heavy atom. The fraction of sp³-hybridized carbons (Fsp3) is 0.0435. The van der Waals surface area contributed by atoms with Crippen molar-refractivity contribution in [3.63, 3.8) is 0 Å². The summed E-state index contributed by atoms with van der Waals surface area (Å²) in [6.45, 7) is 0. The van der Waals surface area contributed by atoms with Crippen molar-refractivity contribution >= 4 is 71.2 Å². The van der Waals surface area contributed by atoms with Gasteiger partial charge in [0, 0.05) is 38.3 Å². The van der Waals surface area contributed by atoms with Crippen molar-refractivity contribution in [2.75, 3.05) is 0 Å². The van der Waals surface area contributed by atoms with Crippen molar-refractivity contribution in [2.24, 2.45) is 0 Å². The largest absolute Gasteiger partial charge is 0.455 e. The Bertz CT molecular complexity index is 2970. The lowest BCUT2D eigenvalue weighted by atomic mass is 10.0. The van der Waals surface area contributed by atoms with E-state index in [1.807, 2.05) is 6.07 Å². The summed E-state index contributed by atoms with van der Waals surface area (Å²) in [5.74, 6) is 0. The van der Waals surface area contributed by atoms with Gasteiger partial charge in [-0.2, -0.15) is 0 Å². The Balaban J connectivity index is 1.28. The molecule has 5 heteroatoms. The third kappa shape index (κ3) is 4.19. The van der Waals surface area contributed by atoms with Crippen molar-refractivity contribution in [3.8, 4) is 5.69 Å². The molecule has 0 radical (unpaired) electrons. The number of hydrogen-bond acceptors (Lipinski definition) is 3. The molecular formula is C46H32N4O. The Labute approximate surface area is 293 Å². The van der Waals surface area contributed by atoms with Gasteiger partial charge in [0.25, 0.3) is 0 Å². The first kappa shape index (κ1) is 28.3. The summed E-state index contributed by atoms with van der Waals surface area (Å²) in [6, 6.07) is 58.2. The summed E-state index contributed by atoms with van der Waals surface area (Å²) in [5.41, 5.74) is 10.9. The van der Waals surface area contributed by atoms with E-state index in [1.54, 1.807) is 0 Å². The third-order valence-corrected chi connectivity index (χ3v) is 10.6. The van der Waals surface area contributed by atoms with Crippen molar-refractivity contribution in [1.29, 1.82) is 0 Å². The monoisotopic (exact) mass is 656 g/mol. The second kappa shape index (κ2) is 11.0. The van der Waals surface area contributed by atoms with Gasteiger partial charge in [0.05, 0.1) is 33.5 Å². The van der Waals surface area contributed by atoms with Crippen LogP contribution < -0.4 is 10.6 Å². The molecule has 51 heavy (non-hydrogen) atoms. The van der Waals surface area contributed by atoms with Crippen molar-refractivity contribution in [1.82, 2.24) is 19.8 Å². The fourth-order valence-corrected chi connectivity index (χ4v) is 8.38. The van der Waals surface area contributed by atoms with Gasteiger partial charge in [0.2, 0.25) is 0 Å². The number of para-hydroxylation sites is 3. The number of benzene rings is 7. The van der Waals surface area contributed by atoms with Crippen LogP contribution in [0, 0.1) is 0 Å². The van der Waals surface area contributed by atoms with Gasteiger partial charge >= 0.3 is 0 Å². The number of aromatic nitrogens is 2. The molecule has 242 valence electrons. The fourth-order valence-electron chi connectivity index (χ4n) is 8.38. The highest BCUT2D eigenvalue weighted by Gasteiger charge is 2.29. The van der Waals surface area contributed by atoms with Crippen LogP contribution in [0.15, 0.2) is 174 Å². The highest BCUT2D eigenvalue weighted by Crippen LogP contribution is 2.46. The van der Waals surface area contributed by atoms with Crippen LogP contribution >= 0.6 is 0 Å². The summed E-state index contributed by atoms with van der Waals surface area (Å²) in [7, 11) is 0. The average Bonchev–Trinajstić information content (AvgIpc) is 3.86. The SMILES string of the molecule is C1=C(c2ccccc2)NC(n2c3ccccc3c3ccc4c(c5c6oc7ccccc7c6ccc5n4-c4ccccc4)c32)NC1c1ccccc1. The molecular weight excluding hydrogens is 625 g/mol. The van der Waals surface area contributed by atoms with E-state index in [4.69, 9.17) is 4.42 Å². The molecule has 7 aromatic carbocycles. The molecule has 0 spiro atoms. The van der Waals surface area contributed by atoms with Gasteiger partial charge in [0.1, 0.15) is 11.2 Å². The summed E-state index contributed by atoms with van der Waals surface area (Å²) in [4.78, 5) is 0. The van der Waals surface area contributed by atoms with Crippen molar-refractivity contribution in [3.05, 3.63) is 181 Å². The lowest BCUT2D eigenvalue weighted by Gasteiger charge is -2.34. The van der Waals surface area contributed by atoms with E-state index in [2.05, 4.69) is 184 Å². The average molecular weight is 657 g/mol. The minimum atomic E-state index is -0.270. The zero-order valence-electron chi connectivity index (χ0n) is 27.6. The second-order valence-corrected chi connectivity index (χ2v) is 13.4. The lowest BCUT2D eigenvalue weighted by Crippen LogP contribution is -2.43. The summed E-state index contributed by atoms with van der Waals surface area (Å²) < 4.78 is 11.7. The third-order valence-electron chi connectivity index (χ3n) is 10.6. The van der Waals surface area contributed by atoms with Gasteiger partial charge in [-0.1, -0.05) is 121 Å². The van der Waals surface area contributed by atoms with E-state index in [-0.39, 0.29) is 12.3 Å². The number of furan rings is 1. The number of rotatable bonds is 4. The molecule has 0 saturated carbocycles. The highest BCUT2D eigenvalue weighted by atomic mass is 16.3. The molecule has 2 N–H and O–H groups in total. The molecule has 0 saturated heterocycles. The minimum Gasteiger partial charge on any atom is -0.455 e. The molecule has 10 aromatic rings. The van der Waals surface area contributed by atoms with E-state index in [0.29, 0.717) is 0 Å². The summed E-state index contributed by atoms with van der Waals surface area (Å²) in [6.07, 6.45) is 2.04. The lowest BCUT2D eigenvalue weighted by molar-refractivity contribution is 0.351. The molecule has 0 fully saturated rings. The molecule has 2 unspecified atom stereocenters. The number of hydrogen-bond donors (Lipinski definition) is 2. The van der Waals surface area contributed by atoms with Crippen LogP contribution in [0.3, 0.4) is 0 Å². The van der Waals surface area contributed by atoms with Gasteiger partial charge in [-0.15, -0.1) is 0 Å². The highest BCUT2D eigenvalue weighted by molar-refractivity contribution is 6.31. The van der Waals surface area contributed by atoms with Crippen LogP contribution in [-0.4, -0.2) is 9.13 Å². The Hall–Kier alpha value is -6.56. The quantitative estimate of drug-likeness (QED) is 0.198. The summed E-state index contributed by atoms with van der Waals surface area (Å²) >= 11 is 0. The van der Waals surface area contributed by atoms with Crippen LogP contribution in [-0.2, 0) is 0 Å². The molecule has 0 aliphatic carbocycles. The van der Waals surface area contributed by atoms with E-state index in [0.717, 1.165) is 66.3 Å². The minimum absolute atomic E-state index is 0.0178. The van der Waals surface area contributed by atoms with Gasteiger partial charge in [-0.25, -0.2) is 0 Å². The molecule has 0 amide bonds. The van der Waals surface area contributed by atoms with Gasteiger partial charge < -0.3 is 18.9 Å². The smallest absolute Gasteiger partial charge is 0.160 e. The van der Waals surface area contributed by atoms with Crippen LogP contribution in [0.2, 0.25) is 0 Å². The molecule has 5 nitrogen and oxygen atoms in total. The maximum atomic E-state index is 6.82. The summed E-state index contributed by atoms with van der Waals surface area (Å²) in [5, 5.41) is 14.9. The topological polar surface area (TPSA) is 47.1 Å². The zero-order valence-corrected chi connectivity index (χ0v) is 27.6. The number of nitrogens with zero attached hydrogens (tertiary/aromatic N) is 2. The Morgan fingerprint density at radius 3 is 1.96 bits per heavy atom. The first-order valence-electron chi connectivity index (χ1n) is 17.5. The zero-order chi connectivity index (χ0) is 33.5. The van der Waals surface area contributed by atoms with Gasteiger partial charge in [-0.3, -0.25) is 5.32 Å². The maximum Gasteiger partial charge on any atom is 0.160 e. The van der Waals surface area contributed by atoms with E-state index in [1.165, 1.54) is 21.7 Å². The van der Waals surface area contributed by atoms with Gasteiger partial charge in [0.15, 0.2) is 6.29 Å². The number of nitrogens with one attached hydrogen (secondary N) is 2. The maximum absolute atomic E-state index is 6.82. The predicted molar refractivity (Wildman–Crippen MR) is 210 cm³/mol. The van der Waals surface area contributed by atoms with Crippen LogP contribution in [0.25, 0.3) is 76.9 Å². The van der Waals surface area contributed by atoms with E-state index >= 15 is 0 Å². The first-order valence-corrected chi connectivity index (χ1v) is 17.5. The molecule has 1 aliphatic rings. The van der Waals surface area contributed by atoms with E-state index in [9.17, 15) is 0 Å². The van der Waals surface area contributed by atoms with Crippen LogP contribution in [0.5, 0.6) is 0 Å². The normalized spacial score (nSPS) is 16.4. The van der Waals surface area contributed by atoms with E-state index < -0.39 is 0 Å². The van der Waals surface area contributed by atoms with Crippen LogP contribution in [0.4, 0.5) is 0 Å². The standard InChI is InChI=1S/C46H32N4O/c1-4-14-29(15-5-1)36-28-37(30-16-6-2-7-17-30)48-46(47-36)50-38-22-12-10-20-32(38)34-24-26-39-42(44(34)50)43-40(49(39)31-18-8-3-9-19-31)27-25-35-33-21-11-13-23-41(33)51-45(35)43/h1-28,36,46-48H. The molecule has 11 rings (SSSR count). The Kier molecular flexibility index (Phi) is 6.09. The predicted octanol–water partition coefficient (Wildman–Crippen LogP) is 11.2. The molecule has 0 bridgehead atoms. The van der Waals surface area contributed by atoms with Gasteiger partial charge in [-0.05, 0) is 59.7 Å². The van der Waals surface area contributed by atoms with Crippen molar-refractivity contribution < 1.29 is 4.42 Å². The Morgan fingerprint density at radius 2 is 1.16 bits per heavy atom. The second-order valence-electron chi connectivity index (χ2n) is 13.4. The molecule has 1 aliphatic heterocycles. The molecule has 2 atom stereocenters. The molecule has 4 heterocycles. The van der Waals surface area contributed by atoms with Crippen LogP contribution in [0.1, 0.15) is 23.5 Å². The van der Waals surface area contributed by atoms with Crippen molar-refractivity contribution in [2.45, 2.75) is 12.3 Å². The molecule has 3 aromatic heterocycles. The number of fused-ring (bicyclic) bond motifs is 11. The first-order chi connectivity index (χ1) is 25.3.